The van der Waals surface area contributed by atoms with Crippen LogP contribution in [0.3, 0.4) is 0 Å². The second-order valence-electron chi connectivity index (χ2n) is 19.2. The maximum atomic E-state index is 14.7. The second-order valence-corrected chi connectivity index (χ2v) is 24.0. The Hall–Kier alpha value is -1.91. The van der Waals surface area contributed by atoms with E-state index in [1.165, 1.54) is 7.11 Å². The van der Waals surface area contributed by atoms with Gasteiger partial charge < -0.3 is 14.3 Å². The predicted molar refractivity (Wildman–Crippen MR) is 184 cm³/mol. The van der Waals surface area contributed by atoms with Crippen LogP contribution in [0.4, 0.5) is 0 Å². The lowest BCUT2D eigenvalue weighted by atomic mass is 9.34. The molecule has 0 heterocycles. The fourth-order valence-corrected chi connectivity index (χ4v) is 12.4. The quantitative estimate of drug-likeness (QED) is 0.235. The van der Waals surface area contributed by atoms with Crippen LogP contribution in [0.5, 0.6) is 0 Å². The van der Waals surface area contributed by atoms with E-state index in [0.29, 0.717) is 25.0 Å². The molecular formula is C39H61NO5Si. The number of ether oxygens (including phenoxy) is 1. The third-order valence-corrected chi connectivity index (χ3v) is 20.0. The van der Waals surface area contributed by atoms with E-state index in [9.17, 15) is 20.0 Å². The summed E-state index contributed by atoms with van der Waals surface area (Å²) in [6.07, 6.45) is 8.97. The molecule has 7 heteroatoms. The summed E-state index contributed by atoms with van der Waals surface area (Å²) in [5, 5.41) is 22.2. The van der Waals surface area contributed by atoms with Gasteiger partial charge in [0.25, 0.3) is 0 Å². The van der Waals surface area contributed by atoms with Crippen LogP contribution in [0.25, 0.3) is 0 Å². The smallest absolute Gasteiger partial charge is 0.312 e. The first-order chi connectivity index (χ1) is 21.0. The van der Waals surface area contributed by atoms with Gasteiger partial charge in [-0.3, -0.25) is 9.59 Å². The first-order valence-corrected chi connectivity index (χ1v) is 20.7. The van der Waals surface area contributed by atoms with Gasteiger partial charge in [0.2, 0.25) is 0 Å². The van der Waals surface area contributed by atoms with E-state index in [1.54, 1.807) is 0 Å². The Labute approximate surface area is 279 Å². The van der Waals surface area contributed by atoms with Crippen LogP contribution in [0.1, 0.15) is 120 Å². The maximum absolute atomic E-state index is 14.7. The fourth-order valence-electron chi connectivity index (χ4n) is 11.3. The van der Waals surface area contributed by atoms with Crippen molar-refractivity contribution in [2.45, 2.75) is 138 Å². The summed E-state index contributed by atoms with van der Waals surface area (Å²) in [4.78, 5) is 28.3. The zero-order chi connectivity index (χ0) is 34.5. The summed E-state index contributed by atoms with van der Waals surface area (Å²) in [6.45, 7) is 25.4. The predicted octanol–water partition coefficient (Wildman–Crippen LogP) is 9.48. The Morgan fingerprint density at radius 3 is 2.28 bits per heavy atom. The third kappa shape index (κ3) is 4.77. The molecule has 0 aromatic heterocycles. The molecule has 8 atom stereocenters. The molecule has 0 aromatic carbocycles. The number of methoxy groups -OCH3 is 1. The molecule has 0 unspecified atom stereocenters. The van der Waals surface area contributed by atoms with Gasteiger partial charge >= 0.3 is 5.97 Å². The lowest BCUT2D eigenvalue weighted by Gasteiger charge is -2.69. The highest BCUT2D eigenvalue weighted by atomic mass is 28.4. The van der Waals surface area contributed by atoms with Crippen molar-refractivity contribution < 1.29 is 23.9 Å². The molecule has 3 saturated carbocycles. The number of allylic oxidation sites excluding steroid dienone is 4. The van der Waals surface area contributed by atoms with E-state index in [-0.39, 0.29) is 56.5 Å². The minimum atomic E-state index is -2.00. The number of nitrogens with zero attached hydrogens (tertiary/aromatic N) is 1. The number of aliphatic hydroxyl groups is 1. The summed E-state index contributed by atoms with van der Waals surface area (Å²) in [5.41, 5.74) is -0.632. The molecule has 0 saturated heterocycles. The van der Waals surface area contributed by atoms with Crippen molar-refractivity contribution in [2.75, 3.05) is 13.7 Å². The Morgan fingerprint density at radius 2 is 1.70 bits per heavy atom. The Bertz CT molecular complexity index is 1410. The Kier molecular flexibility index (Phi) is 8.31. The van der Waals surface area contributed by atoms with E-state index < -0.39 is 24.6 Å². The number of carbonyl (C=O) groups is 2. The molecule has 0 radical (unpaired) electrons. The monoisotopic (exact) mass is 651 g/mol. The summed E-state index contributed by atoms with van der Waals surface area (Å²) in [7, 11) is -0.505. The van der Waals surface area contributed by atoms with Gasteiger partial charge in [-0.25, -0.2) is 0 Å². The van der Waals surface area contributed by atoms with Gasteiger partial charge in [-0.15, -0.1) is 0 Å². The molecule has 5 aliphatic carbocycles. The number of nitriles is 1. The summed E-state index contributed by atoms with van der Waals surface area (Å²) in [6, 6.07) is 2.39. The van der Waals surface area contributed by atoms with Gasteiger partial charge in [0.15, 0.2) is 14.1 Å². The molecule has 46 heavy (non-hydrogen) atoms. The zero-order valence-electron chi connectivity index (χ0n) is 30.9. The van der Waals surface area contributed by atoms with Crippen molar-refractivity contribution >= 4 is 20.1 Å². The molecule has 0 spiro atoms. The average Bonchev–Trinajstić information content (AvgIpc) is 2.95. The van der Waals surface area contributed by atoms with Crippen molar-refractivity contribution in [3.05, 3.63) is 23.0 Å². The molecule has 0 aromatic rings. The van der Waals surface area contributed by atoms with Crippen LogP contribution in [-0.2, 0) is 18.8 Å². The lowest BCUT2D eigenvalue weighted by molar-refractivity contribution is -0.192. The number of hydrogen-bond donors (Lipinski definition) is 1. The first kappa shape index (κ1) is 35.4. The van der Waals surface area contributed by atoms with Crippen molar-refractivity contribution in [2.24, 2.45) is 50.2 Å². The van der Waals surface area contributed by atoms with Crippen molar-refractivity contribution in [3.63, 3.8) is 0 Å². The van der Waals surface area contributed by atoms with Crippen molar-refractivity contribution in [3.8, 4) is 6.07 Å². The van der Waals surface area contributed by atoms with E-state index in [4.69, 9.17) is 9.16 Å². The molecule has 6 nitrogen and oxygen atoms in total. The summed E-state index contributed by atoms with van der Waals surface area (Å²) in [5.74, 6) is -0.0112. The van der Waals surface area contributed by atoms with Crippen LogP contribution in [0.15, 0.2) is 23.0 Å². The highest BCUT2D eigenvalue weighted by Crippen LogP contribution is 2.75. The van der Waals surface area contributed by atoms with Crippen molar-refractivity contribution in [1.29, 1.82) is 5.26 Å². The topological polar surface area (TPSA) is 96.6 Å². The van der Waals surface area contributed by atoms with Gasteiger partial charge in [-0.2, -0.15) is 5.26 Å². The number of carbonyl (C=O) groups excluding carboxylic acids is 2. The van der Waals surface area contributed by atoms with Crippen molar-refractivity contribution in [1.82, 2.24) is 0 Å². The summed E-state index contributed by atoms with van der Waals surface area (Å²) < 4.78 is 12.1. The van der Waals surface area contributed by atoms with Crippen LogP contribution in [0.2, 0.25) is 18.1 Å². The largest absolute Gasteiger partial charge is 0.511 e. The van der Waals surface area contributed by atoms with Crippen LogP contribution in [-0.4, -0.2) is 38.9 Å². The number of hydrogen-bond acceptors (Lipinski definition) is 6. The molecule has 0 bridgehead atoms. The Balaban J connectivity index is 1.59. The molecule has 3 fully saturated rings. The molecule has 0 aliphatic heterocycles. The number of ketones is 1. The van der Waals surface area contributed by atoms with E-state index in [1.807, 2.05) is 6.08 Å². The number of esters is 1. The zero-order valence-corrected chi connectivity index (χ0v) is 31.9. The van der Waals surface area contributed by atoms with Gasteiger partial charge in [0, 0.05) is 17.9 Å². The van der Waals surface area contributed by atoms with Crippen LogP contribution < -0.4 is 0 Å². The van der Waals surface area contributed by atoms with Gasteiger partial charge in [-0.1, -0.05) is 67.9 Å². The van der Waals surface area contributed by atoms with Crippen LogP contribution >= 0.6 is 0 Å². The number of fused-ring (bicyclic) bond motifs is 7. The molecule has 0 amide bonds. The van der Waals surface area contributed by atoms with E-state index in [0.717, 1.165) is 50.5 Å². The first-order valence-electron chi connectivity index (χ1n) is 17.8. The lowest BCUT2D eigenvalue weighted by Crippen LogP contribution is -2.66. The van der Waals surface area contributed by atoms with Gasteiger partial charge in [0.05, 0.1) is 24.2 Å². The minimum absolute atomic E-state index is 0.0525. The van der Waals surface area contributed by atoms with Gasteiger partial charge in [0.1, 0.15) is 5.76 Å². The molecule has 5 aliphatic rings. The second kappa shape index (κ2) is 10.8. The fraction of sp³-hybridized carbons (Fsp3) is 0.821. The normalized spacial score (nSPS) is 42.1. The van der Waals surface area contributed by atoms with Gasteiger partial charge in [-0.05, 0) is 115 Å². The SMILES string of the molecule is COC(=O)[C@]12CCC(C)(C)C[C@H]1[C@H]1C(=O)C=C3[C@@]4(C)CC(C#N)=C(O)[C@@](C)(CCO[Si](C)(C)C(C)(C)C)[C@@H]4CC[C@@]3(C)[C@]1(C)CC2. The molecule has 256 valence electrons. The van der Waals surface area contributed by atoms with Crippen LogP contribution in [0, 0.1) is 61.6 Å². The highest BCUT2D eigenvalue weighted by Gasteiger charge is 2.71. The Morgan fingerprint density at radius 1 is 1.07 bits per heavy atom. The minimum Gasteiger partial charge on any atom is -0.511 e. The molecule has 5 rings (SSSR count). The highest BCUT2D eigenvalue weighted by molar-refractivity contribution is 6.74. The third-order valence-electron chi connectivity index (χ3n) is 15.4. The summed E-state index contributed by atoms with van der Waals surface area (Å²) >= 11 is 0. The number of rotatable bonds is 5. The molecule has 1 N–H and O–H groups in total. The average molecular weight is 652 g/mol. The maximum Gasteiger partial charge on any atom is 0.312 e. The van der Waals surface area contributed by atoms with E-state index in [2.05, 4.69) is 81.5 Å². The number of aliphatic hydroxyl groups excluding tert-OH is 1. The van der Waals surface area contributed by atoms with E-state index >= 15 is 0 Å². The standard InChI is InChI=1S/C39H61NO5Si/c1-33(2,3)46(11,12)45-20-19-35(6)28-13-14-37(8)29(36(28,7)22-25(24-40)31(35)42)21-27(41)30-26-23-34(4,5)15-17-39(26,32(43)44-10)18-16-38(30,37)9/h21,26,28,30,42H,13-20,22-23H2,1-12H3/t26-,28-,30-,35-,36-,37+,38+,39-/m0/s1. The molecular weight excluding hydrogens is 591 g/mol.